The highest BCUT2D eigenvalue weighted by atomic mass is 15.0. The van der Waals surface area contributed by atoms with Gasteiger partial charge in [0.25, 0.3) is 0 Å². The Kier molecular flexibility index (Phi) is 3.01. The third kappa shape index (κ3) is 2.11. The zero-order valence-corrected chi connectivity index (χ0v) is 11.1. The molecule has 3 aromatic rings. The van der Waals surface area contributed by atoms with Crippen LogP contribution in [0.25, 0.3) is 22.2 Å². The molecule has 0 aliphatic carbocycles. The Bertz CT molecular complexity index is 715. The summed E-state index contributed by atoms with van der Waals surface area (Å²) in [7, 11) is 3.95. The zero-order valence-electron chi connectivity index (χ0n) is 11.1. The second-order valence-corrected chi connectivity index (χ2v) is 4.56. The van der Waals surface area contributed by atoms with Crippen LogP contribution in [-0.4, -0.2) is 21.6 Å². The van der Waals surface area contributed by atoms with Gasteiger partial charge in [0.15, 0.2) is 0 Å². The number of benzene rings is 1. The molecule has 0 bridgehead atoms. The summed E-state index contributed by atoms with van der Waals surface area (Å²) in [6, 6.07) is 10.3. The first-order valence-electron chi connectivity index (χ1n) is 6.30. The Morgan fingerprint density at radius 3 is 2.89 bits per heavy atom. The summed E-state index contributed by atoms with van der Waals surface area (Å²) < 4.78 is 2.13. The van der Waals surface area contributed by atoms with Crippen molar-refractivity contribution in [3.8, 4) is 11.3 Å². The maximum Gasteiger partial charge on any atom is 0.142 e. The molecular formula is C15H16N4. The highest BCUT2D eigenvalue weighted by molar-refractivity contribution is 5.95. The van der Waals surface area contributed by atoms with Crippen molar-refractivity contribution in [3.05, 3.63) is 48.5 Å². The Morgan fingerprint density at radius 1 is 1.21 bits per heavy atom. The van der Waals surface area contributed by atoms with Gasteiger partial charge in [-0.2, -0.15) is 0 Å². The number of aromatic nitrogens is 3. The van der Waals surface area contributed by atoms with Crippen molar-refractivity contribution < 1.29 is 0 Å². The molecule has 0 saturated heterocycles. The van der Waals surface area contributed by atoms with Gasteiger partial charge < -0.3 is 9.88 Å². The van der Waals surface area contributed by atoms with Crippen molar-refractivity contribution in [1.82, 2.24) is 19.9 Å². The second-order valence-electron chi connectivity index (χ2n) is 4.56. The van der Waals surface area contributed by atoms with Crippen molar-refractivity contribution >= 4 is 10.9 Å². The van der Waals surface area contributed by atoms with Crippen LogP contribution in [0.15, 0.2) is 42.7 Å². The van der Waals surface area contributed by atoms with E-state index in [-0.39, 0.29) is 0 Å². The molecule has 3 rings (SSSR count). The van der Waals surface area contributed by atoms with E-state index in [4.69, 9.17) is 0 Å². The van der Waals surface area contributed by atoms with Crippen LogP contribution in [0.2, 0.25) is 0 Å². The lowest BCUT2D eigenvalue weighted by molar-refractivity contribution is 0.759. The number of hydrogen-bond acceptors (Lipinski definition) is 3. The van der Waals surface area contributed by atoms with Crippen LogP contribution < -0.4 is 5.32 Å². The van der Waals surface area contributed by atoms with Gasteiger partial charge in [-0.3, -0.25) is 0 Å². The van der Waals surface area contributed by atoms with Crippen molar-refractivity contribution in [2.45, 2.75) is 6.54 Å². The molecule has 0 saturated carbocycles. The molecular weight excluding hydrogens is 236 g/mol. The molecule has 1 aromatic carbocycles. The van der Waals surface area contributed by atoms with E-state index in [0.717, 1.165) is 17.1 Å². The minimum atomic E-state index is 0.679. The first-order valence-corrected chi connectivity index (χ1v) is 6.30. The van der Waals surface area contributed by atoms with Crippen molar-refractivity contribution in [1.29, 1.82) is 0 Å². The van der Waals surface area contributed by atoms with Gasteiger partial charge in [-0.25, -0.2) is 9.97 Å². The molecule has 2 heterocycles. The van der Waals surface area contributed by atoms with Crippen molar-refractivity contribution in [2.75, 3.05) is 7.05 Å². The Morgan fingerprint density at radius 2 is 2.05 bits per heavy atom. The maximum atomic E-state index is 4.61. The smallest absolute Gasteiger partial charge is 0.142 e. The average Bonchev–Trinajstić information content (AvgIpc) is 2.78. The molecule has 0 fully saturated rings. The van der Waals surface area contributed by atoms with E-state index in [9.17, 15) is 0 Å². The van der Waals surface area contributed by atoms with Crippen LogP contribution in [0.4, 0.5) is 0 Å². The van der Waals surface area contributed by atoms with E-state index >= 15 is 0 Å². The third-order valence-electron chi connectivity index (χ3n) is 3.21. The molecule has 96 valence electrons. The number of aryl methyl sites for hydroxylation is 1. The number of fused-ring (bicyclic) bond motifs is 1. The fraction of sp³-hybridized carbons (Fsp3) is 0.200. The summed E-state index contributed by atoms with van der Waals surface area (Å²) in [5.74, 6) is 0.813. The monoisotopic (exact) mass is 252 g/mol. The van der Waals surface area contributed by atoms with E-state index in [1.54, 1.807) is 0 Å². The SMILES string of the molecule is CNCc1nccc(-c2cn(C)c3ccccc23)n1. The first-order chi connectivity index (χ1) is 9.29. The van der Waals surface area contributed by atoms with Crippen LogP contribution in [0.5, 0.6) is 0 Å². The predicted molar refractivity (Wildman–Crippen MR) is 76.7 cm³/mol. The molecule has 0 unspecified atom stereocenters. The summed E-state index contributed by atoms with van der Waals surface area (Å²) >= 11 is 0. The molecule has 4 heteroatoms. The molecule has 0 atom stereocenters. The summed E-state index contributed by atoms with van der Waals surface area (Å²) in [5.41, 5.74) is 3.33. The third-order valence-corrected chi connectivity index (χ3v) is 3.21. The number of hydrogen-bond donors (Lipinski definition) is 1. The maximum absolute atomic E-state index is 4.61. The molecule has 0 aliphatic heterocycles. The van der Waals surface area contributed by atoms with Gasteiger partial charge in [0.05, 0.1) is 12.2 Å². The molecule has 1 N–H and O–H groups in total. The normalized spacial score (nSPS) is 11.1. The van der Waals surface area contributed by atoms with Crippen LogP contribution >= 0.6 is 0 Å². The van der Waals surface area contributed by atoms with E-state index in [0.29, 0.717) is 6.54 Å². The lowest BCUT2D eigenvalue weighted by atomic mass is 10.1. The molecule has 4 nitrogen and oxygen atoms in total. The molecule has 0 radical (unpaired) electrons. The van der Waals surface area contributed by atoms with Gasteiger partial charge in [-0.15, -0.1) is 0 Å². The lowest BCUT2D eigenvalue weighted by Crippen LogP contribution is -2.09. The van der Waals surface area contributed by atoms with Gasteiger partial charge >= 0.3 is 0 Å². The van der Waals surface area contributed by atoms with E-state index < -0.39 is 0 Å². The lowest BCUT2D eigenvalue weighted by Gasteiger charge is -2.02. The van der Waals surface area contributed by atoms with Gasteiger partial charge in [0, 0.05) is 35.9 Å². The molecule has 19 heavy (non-hydrogen) atoms. The number of para-hydroxylation sites is 1. The first kappa shape index (κ1) is 11.9. The molecule has 0 spiro atoms. The van der Waals surface area contributed by atoms with E-state index in [2.05, 4.69) is 57.4 Å². The zero-order chi connectivity index (χ0) is 13.2. The van der Waals surface area contributed by atoms with Crippen molar-refractivity contribution in [3.63, 3.8) is 0 Å². The minimum absolute atomic E-state index is 0.679. The number of nitrogens with zero attached hydrogens (tertiary/aromatic N) is 3. The summed E-state index contributed by atoms with van der Waals surface area (Å²) in [6.45, 7) is 0.679. The number of rotatable bonds is 3. The quantitative estimate of drug-likeness (QED) is 0.778. The Balaban J connectivity index is 2.16. The van der Waals surface area contributed by atoms with Crippen molar-refractivity contribution in [2.24, 2.45) is 7.05 Å². The Hall–Kier alpha value is -2.20. The van der Waals surface area contributed by atoms with Gasteiger partial charge in [0.1, 0.15) is 5.82 Å². The van der Waals surface area contributed by atoms with Crippen LogP contribution in [0.3, 0.4) is 0 Å². The van der Waals surface area contributed by atoms with Crippen LogP contribution in [0, 0.1) is 0 Å². The van der Waals surface area contributed by atoms with Gasteiger partial charge in [-0.1, -0.05) is 18.2 Å². The highest BCUT2D eigenvalue weighted by Crippen LogP contribution is 2.28. The summed E-state index contributed by atoms with van der Waals surface area (Å²) in [4.78, 5) is 8.87. The number of nitrogens with one attached hydrogen (secondary N) is 1. The minimum Gasteiger partial charge on any atom is -0.350 e. The second kappa shape index (κ2) is 4.82. The topological polar surface area (TPSA) is 42.7 Å². The molecule has 2 aromatic heterocycles. The summed E-state index contributed by atoms with van der Waals surface area (Å²) in [5, 5.41) is 4.30. The Labute approximate surface area is 112 Å². The molecule has 0 aliphatic rings. The highest BCUT2D eigenvalue weighted by Gasteiger charge is 2.09. The average molecular weight is 252 g/mol. The summed E-state index contributed by atoms with van der Waals surface area (Å²) in [6.07, 6.45) is 3.94. The molecule has 0 amide bonds. The standard InChI is InChI=1S/C15H16N4/c1-16-9-15-17-8-7-13(18-15)12-10-19(2)14-6-4-3-5-11(12)14/h3-8,10,16H,9H2,1-2H3. The van der Waals surface area contributed by atoms with Crippen LogP contribution in [0.1, 0.15) is 5.82 Å². The van der Waals surface area contributed by atoms with E-state index in [1.807, 2.05) is 19.3 Å². The fourth-order valence-corrected chi connectivity index (χ4v) is 2.34. The van der Waals surface area contributed by atoms with Gasteiger partial charge in [0.2, 0.25) is 0 Å². The van der Waals surface area contributed by atoms with Crippen LogP contribution in [-0.2, 0) is 13.6 Å². The predicted octanol–water partition coefficient (Wildman–Crippen LogP) is 2.35. The van der Waals surface area contributed by atoms with E-state index in [1.165, 1.54) is 10.9 Å². The largest absolute Gasteiger partial charge is 0.350 e. The van der Waals surface area contributed by atoms with Gasteiger partial charge in [-0.05, 0) is 19.2 Å². The fourth-order valence-electron chi connectivity index (χ4n) is 2.34.